The Hall–Kier alpha value is -1.00. The summed E-state index contributed by atoms with van der Waals surface area (Å²) in [6.45, 7) is 3.88. The summed E-state index contributed by atoms with van der Waals surface area (Å²) in [7, 11) is 1.63. The van der Waals surface area contributed by atoms with Crippen molar-refractivity contribution in [3.8, 4) is 11.5 Å². The van der Waals surface area contributed by atoms with Crippen LogP contribution < -0.4 is 9.47 Å². The minimum absolute atomic E-state index is 0. The SMILES string of the molecule is CCCN(C1CCC1)C1COc2c(F)ccc(OC)c2C1.Cl. The summed E-state index contributed by atoms with van der Waals surface area (Å²) in [6.07, 6.45) is 5.84. The Labute approximate surface area is 138 Å². The van der Waals surface area contributed by atoms with Crippen molar-refractivity contribution in [2.75, 3.05) is 20.3 Å². The van der Waals surface area contributed by atoms with Crippen molar-refractivity contribution in [3.63, 3.8) is 0 Å². The highest BCUT2D eigenvalue weighted by molar-refractivity contribution is 5.85. The summed E-state index contributed by atoms with van der Waals surface area (Å²) < 4.78 is 25.1. The zero-order chi connectivity index (χ0) is 14.8. The lowest BCUT2D eigenvalue weighted by molar-refractivity contribution is 0.0428. The van der Waals surface area contributed by atoms with Crippen LogP contribution in [0.5, 0.6) is 11.5 Å². The number of benzene rings is 1. The van der Waals surface area contributed by atoms with Crippen molar-refractivity contribution >= 4 is 12.4 Å². The second kappa shape index (κ2) is 7.51. The Balaban J connectivity index is 0.00000176. The van der Waals surface area contributed by atoms with Crippen LogP contribution in [0.15, 0.2) is 12.1 Å². The van der Waals surface area contributed by atoms with Crippen LogP contribution >= 0.6 is 12.4 Å². The smallest absolute Gasteiger partial charge is 0.165 e. The minimum Gasteiger partial charge on any atom is -0.496 e. The normalized spacial score (nSPS) is 20.6. The van der Waals surface area contributed by atoms with E-state index in [-0.39, 0.29) is 18.2 Å². The maximum absolute atomic E-state index is 13.9. The molecular formula is C17H25ClFNO2. The van der Waals surface area contributed by atoms with Crippen molar-refractivity contribution in [3.05, 3.63) is 23.5 Å². The molecule has 1 fully saturated rings. The number of halogens is 2. The van der Waals surface area contributed by atoms with Gasteiger partial charge >= 0.3 is 0 Å². The molecule has 3 nitrogen and oxygen atoms in total. The molecule has 1 unspecified atom stereocenters. The molecule has 1 saturated carbocycles. The van der Waals surface area contributed by atoms with Crippen LogP contribution in [0.1, 0.15) is 38.2 Å². The quantitative estimate of drug-likeness (QED) is 0.819. The van der Waals surface area contributed by atoms with Gasteiger partial charge in [-0.05, 0) is 44.4 Å². The van der Waals surface area contributed by atoms with E-state index >= 15 is 0 Å². The second-order valence-electron chi connectivity index (χ2n) is 6.05. The molecule has 1 aliphatic carbocycles. The molecule has 5 heteroatoms. The molecule has 124 valence electrons. The highest BCUT2D eigenvalue weighted by atomic mass is 35.5. The molecular weight excluding hydrogens is 305 g/mol. The van der Waals surface area contributed by atoms with Crippen LogP contribution in [0.25, 0.3) is 0 Å². The van der Waals surface area contributed by atoms with Gasteiger partial charge < -0.3 is 9.47 Å². The molecule has 22 heavy (non-hydrogen) atoms. The van der Waals surface area contributed by atoms with Gasteiger partial charge in [-0.1, -0.05) is 13.3 Å². The first kappa shape index (κ1) is 17.4. The molecule has 0 radical (unpaired) electrons. The first-order chi connectivity index (χ1) is 10.2. The number of nitrogens with zero attached hydrogens (tertiary/aromatic N) is 1. The lowest BCUT2D eigenvalue weighted by atomic mass is 9.88. The minimum atomic E-state index is -0.282. The first-order valence-electron chi connectivity index (χ1n) is 7.98. The standard InChI is InChI=1S/C17H24FNO2.ClH/c1-3-9-19(12-5-4-6-12)13-10-14-16(20-2)8-7-15(18)17(14)21-11-13;/h7-8,12-13H,3-6,9-11H2,1-2H3;1H. The van der Waals surface area contributed by atoms with Crippen molar-refractivity contribution in [2.24, 2.45) is 0 Å². The van der Waals surface area contributed by atoms with Crippen LogP contribution in [0.2, 0.25) is 0 Å². The average Bonchev–Trinajstić information content (AvgIpc) is 2.45. The van der Waals surface area contributed by atoms with E-state index in [4.69, 9.17) is 9.47 Å². The van der Waals surface area contributed by atoms with Gasteiger partial charge in [0.2, 0.25) is 0 Å². The molecule has 1 heterocycles. The lowest BCUT2D eigenvalue weighted by Gasteiger charge is -2.44. The number of hydrogen-bond donors (Lipinski definition) is 0. The molecule has 1 aliphatic heterocycles. The van der Waals surface area contributed by atoms with Gasteiger partial charge in [-0.2, -0.15) is 0 Å². The molecule has 0 saturated heterocycles. The van der Waals surface area contributed by atoms with Crippen molar-refractivity contribution in [1.29, 1.82) is 0 Å². The molecule has 0 spiro atoms. The Morgan fingerprint density at radius 1 is 1.32 bits per heavy atom. The van der Waals surface area contributed by atoms with E-state index in [1.54, 1.807) is 13.2 Å². The van der Waals surface area contributed by atoms with Gasteiger partial charge in [0.05, 0.1) is 7.11 Å². The Kier molecular flexibility index (Phi) is 5.93. The second-order valence-corrected chi connectivity index (χ2v) is 6.05. The van der Waals surface area contributed by atoms with E-state index in [1.165, 1.54) is 25.3 Å². The molecule has 1 aromatic rings. The van der Waals surface area contributed by atoms with Gasteiger partial charge in [-0.15, -0.1) is 12.4 Å². The monoisotopic (exact) mass is 329 g/mol. The third-order valence-corrected chi connectivity index (χ3v) is 4.74. The topological polar surface area (TPSA) is 21.7 Å². The van der Waals surface area contributed by atoms with Gasteiger partial charge in [0.1, 0.15) is 12.4 Å². The molecule has 0 amide bonds. The maximum atomic E-state index is 13.9. The molecule has 3 rings (SSSR count). The van der Waals surface area contributed by atoms with Crippen LogP contribution in [0.3, 0.4) is 0 Å². The van der Waals surface area contributed by atoms with E-state index in [2.05, 4.69) is 11.8 Å². The van der Waals surface area contributed by atoms with Gasteiger partial charge in [0, 0.05) is 17.6 Å². The Bertz CT molecular complexity index is 508. The molecule has 2 aliphatic rings. The predicted molar refractivity (Wildman–Crippen MR) is 87.8 cm³/mol. The zero-order valence-electron chi connectivity index (χ0n) is 13.3. The van der Waals surface area contributed by atoms with Gasteiger partial charge in [-0.25, -0.2) is 4.39 Å². The lowest BCUT2D eigenvalue weighted by Crippen LogP contribution is -2.51. The van der Waals surface area contributed by atoms with Crippen LogP contribution in [0, 0.1) is 5.82 Å². The van der Waals surface area contributed by atoms with Crippen LogP contribution in [-0.2, 0) is 6.42 Å². The van der Waals surface area contributed by atoms with Gasteiger partial charge in [0.25, 0.3) is 0 Å². The molecule has 1 atom stereocenters. The largest absolute Gasteiger partial charge is 0.496 e. The fourth-order valence-corrected chi connectivity index (χ4v) is 3.45. The van der Waals surface area contributed by atoms with E-state index in [9.17, 15) is 4.39 Å². The molecule has 0 N–H and O–H groups in total. The Morgan fingerprint density at radius 2 is 2.09 bits per heavy atom. The van der Waals surface area contributed by atoms with Crippen molar-refractivity contribution < 1.29 is 13.9 Å². The maximum Gasteiger partial charge on any atom is 0.165 e. The number of rotatable bonds is 5. The Morgan fingerprint density at radius 3 is 2.68 bits per heavy atom. The number of methoxy groups -OCH3 is 1. The third kappa shape index (κ3) is 3.18. The van der Waals surface area contributed by atoms with E-state index in [1.807, 2.05) is 0 Å². The van der Waals surface area contributed by atoms with Crippen LogP contribution in [0.4, 0.5) is 4.39 Å². The third-order valence-electron chi connectivity index (χ3n) is 4.74. The summed E-state index contributed by atoms with van der Waals surface area (Å²) in [5.74, 6) is 0.840. The van der Waals surface area contributed by atoms with Crippen LogP contribution in [-0.4, -0.2) is 37.2 Å². The molecule has 0 bridgehead atoms. The molecule has 0 aromatic heterocycles. The summed E-state index contributed by atoms with van der Waals surface area (Å²) >= 11 is 0. The van der Waals surface area contributed by atoms with Gasteiger partial charge in [-0.3, -0.25) is 4.90 Å². The van der Waals surface area contributed by atoms with Crippen molar-refractivity contribution in [2.45, 2.75) is 51.1 Å². The summed E-state index contributed by atoms with van der Waals surface area (Å²) in [5.41, 5.74) is 0.883. The van der Waals surface area contributed by atoms with E-state index in [0.29, 0.717) is 24.4 Å². The zero-order valence-corrected chi connectivity index (χ0v) is 14.1. The highest BCUT2D eigenvalue weighted by Crippen LogP contribution is 2.38. The number of hydrogen-bond acceptors (Lipinski definition) is 3. The number of fused-ring (bicyclic) bond motifs is 1. The predicted octanol–water partition coefficient (Wildman–Crippen LogP) is 3.82. The summed E-state index contributed by atoms with van der Waals surface area (Å²) in [5, 5.41) is 0. The fraction of sp³-hybridized carbons (Fsp3) is 0.647. The van der Waals surface area contributed by atoms with E-state index < -0.39 is 0 Å². The highest BCUT2D eigenvalue weighted by Gasteiger charge is 2.34. The van der Waals surface area contributed by atoms with Gasteiger partial charge in [0.15, 0.2) is 11.6 Å². The first-order valence-corrected chi connectivity index (χ1v) is 7.98. The number of ether oxygens (including phenoxy) is 2. The summed E-state index contributed by atoms with van der Waals surface area (Å²) in [6, 6.07) is 4.14. The molecule has 1 aromatic carbocycles. The summed E-state index contributed by atoms with van der Waals surface area (Å²) in [4.78, 5) is 2.57. The van der Waals surface area contributed by atoms with Crippen molar-refractivity contribution in [1.82, 2.24) is 4.90 Å². The fourth-order valence-electron chi connectivity index (χ4n) is 3.45. The van der Waals surface area contributed by atoms with E-state index in [0.717, 1.165) is 30.7 Å². The average molecular weight is 330 g/mol.